The number of hydrogen-bond acceptors (Lipinski definition) is 4. The zero-order chi connectivity index (χ0) is 17.5. The summed E-state index contributed by atoms with van der Waals surface area (Å²) < 4.78 is 10.3. The molecule has 0 radical (unpaired) electrons. The van der Waals surface area contributed by atoms with Crippen molar-refractivity contribution in [3.8, 4) is 0 Å². The maximum Gasteiger partial charge on any atom is 0.302 e. The van der Waals surface area contributed by atoms with Gasteiger partial charge in [-0.3, -0.25) is 9.69 Å². The molecule has 1 aliphatic heterocycles. The van der Waals surface area contributed by atoms with Crippen LogP contribution in [0.2, 0.25) is 0 Å². The highest BCUT2D eigenvalue weighted by Gasteiger charge is 2.11. The fraction of sp³-hybridized carbons (Fsp3) is 0.350. The first-order valence-corrected chi connectivity index (χ1v) is 8.60. The van der Waals surface area contributed by atoms with Gasteiger partial charge in [-0.05, 0) is 18.1 Å². The number of ether oxygens (including phenoxy) is 2. The third-order valence-electron chi connectivity index (χ3n) is 4.22. The Balaban J connectivity index is 1.47. The highest BCUT2D eigenvalue weighted by Crippen LogP contribution is 2.19. The molecular formula is C20H24N2O3. The Morgan fingerprint density at radius 3 is 3.08 bits per heavy atom. The van der Waals surface area contributed by atoms with Crippen LogP contribution in [0.1, 0.15) is 12.5 Å². The average Bonchev–Trinajstić information content (AvgIpc) is 3.03. The van der Waals surface area contributed by atoms with Crippen LogP contribution in [0.4, 0.5) is 0 Å². The van der Waals surface area contributed by atoms with Crippen molar-refractivity contribution < 1.29 is 14.3 Å². The number of H-pyrrole nitrogens is 1. The summed E-state index contributed by atoms with van der Waals surface area (Å²) in [5.41, 5.74) is 3.68. The number of aromatic amines is 1. The topological polar surface area (TPSA) is 54.6 Å². The van der Waals surface area contributed by atoms with Gasteiger partial charge in [-0.2, -0.15) is 0 Å². The number of carbonyl (C=O) groups excluding carboxylic acids is 1. The van der Waals surface area contributed by atoms with Gasteiger partial charge in [0, 0.05) is 49.2 Å². The summed E-state index contributed by atoms with van der Waals surface area (Å²) in [6, 6.07) is 8.41. The van der Waals surface area contributed by atoms with Crippen LogP contribution in [0.3, 0.4) is 0 Å². The molecule has 1 aliphatic rings. The molecule has 2 aromatic rings. The number of fused-ring (bicyclic) bond motifs is 1. The zero-order valence-corrected chi connectivity index (χ0v) is 14.5. The molecule has 1 N–H and O–H groups in total. The Bertz CT molecular complexity index is 776. The van der Waals surface area contributed by atoms with Gasteiger partial charge < -0.3 is 14.5 Å². The second-order valence-electron chi connectivity index (χ2n) is 6.15. The molecule has 0 saturated heterocycles. The minimum atomic E-state index is -0.280. The van der Waals surface area contributed by atoms with E-state index in [4.69, 9.17) is 9.47 Å². The van der Waals surface area contributed by atoms with E-state index in [0.717, 1.165) is 31.6 Å². The van der Waals surface area contributed by atoms with Crippen molar-refractivity contribution in [1.82, 2.24) is 9.88 Å². The number of para-hydroxylation sites is 1. The Morgan fingerprint density at radius 2 is 2.20 bits per heavy atom. The van der Waals surface area contributed by atoms with Crippen LogP contribution in [-0.2, 0) is 20.7 Å². The smallest absolute Gasteiger partial charge is 0.302 e. The molecule has 2 heterocycles. The number of carbonyl (C=O) groups is 1. The molecule has 0 amide bonds. The number of benzene rings is 1. The molecule has 1 aromatic carbocycles. The minimum absolute atomic E-state index is 0.280. The number of nitrogens with one attached hydrogen (secondary N) is 1. The molecule has 5 heteroatoms. The van der Waals surface area contributed by atoms with Gasteiger partial charge in [-0.15, -0.1) is 0 Å². The van der Waals surface area contributed by atoms with Crippen molar-refractivity contribution in [2.75, 3.05) is 32.8 Å². The number of nitrogens with zero attached hydrogens (tertiary/aromatic N) is 1. The fourth-order valence-corrected chi connectivity index (χ4v) is 2.99. The zero-order valence-electron chi connectivity index (χ0n) is 14.5. The van der Waals surface area contributed by atoms with E-state index in [2.05, 4.69) is 52.5 Å². The third-order valence-corrected chi connectivity index (χ3v) is 4.22. The van der Waals surface area contributed by atoms with Gasteiger partial charge in [0.05, 0.1) is 6.26 Å². The lowest BCUT2D eigenvalue weighted by molar-refractivity contribution is -0.141. The van der Waals surface area contributed by atoms with Crippen molar-refractivity contribution in [3.63, 3.8) is 0 Å². The van der Waals surface area contributed by atoms with Crippen molar-refractivity contribution in [2.24, 2.45) is 0 Å². The molecule has 5 nitrogen and oxygen atoms in total. The molecule has 1 aromatic heterocycles. The molecule has 0 spiro atoms. The fourth-order valence-electron chi connectivity index (χ4n) is 2.99. The quantitative estimate of drug-likeness (QED) is 0.478. The van der Waals surface area contributed by atoms with Gasteiger partial charge in [-0.25, -0.2) is 0 Å². The lowest BCUT2D eigenvalue weighted by atomic mass is 10.1. The van der Waals surface area contributed by atoms with E-state index in [1.165, 1.54) is 23.4 Å². The first-order valence-electron chi connectivity index (χ1n) is 8.60. The van der Waals surface area contributed by atoms with E-state index in [0.29, 0.717) is 6.61 Å². The molecule has 0 fully saturated rings. The molecule has 0 aliphatic carbocycles. The molecular weight excluding hydrogens is 316 g/mol. The van der Waals surface area contributed by atoms with E-state index in [1.54, 1.807) is 6.26 Å². The highest BCUT2D eigenvalue weighted by atomic mass is 16.6. The van der Waals surface area contributed by atoms with Crippen molar-refractivity contribution >= 4 is 16.9 Å². The van der Waals surface area contributed by atoms with E-state index >= 15 is 0 Å². The summed E-state index contributed by atoms with van der Waals surface area (Å²) >= 11 is 0. The van der Waals surface area contributed by atoms with Gasteiger partial charge in [-0.1, -0.05) is 30.4 Å². The summed E-state index contributed by atoms with van der Waals surface area (Å²) in [4.78, 5) is 16.4. The lowest BCUT2D eigenvalue weighted by Gasteiger charge is -2.24. The Hall–Kier alpha value is -2.53. The van der Waals surface area contributed by atoms with E-state index in [9.17, 15) is 4.79 Å². The molecule has 132 valence electrons. The highest BCUT2D eigenvalue weighted by molar-refractivity contribution is 5.83. The van der Waals surface area contributed by atoms with Gasteiger partial charge in [0.25, 0.3) is 0 Å². The van der Waals surface area contributed by atoms with E-state index in [1.807, 2.05) is 0 Å². The molecule has 0 atom stereocenters. The summed E-state index contributed by atoms with van der Waals surface area (Å²) in [5, 5.41) is 1.31. The molecule has 0 saturated carbocycles. The van der Waals surface area contributed by atoms with Gasteiger partial charge >= 0.3 is 5.97 Å². The first-order chi connectivity index (χ1) is 12.2. The second-order valence-corrected chi connectivity index (χ2v) is 6.15. The average molecular weight is 340 g/mol. The maximum absolute atomic E-state index is 10.7. The Morgan fingerprint density at radius 1 is 1.32 bits per heavy atom. The molecule has 25 heavy (non-hydrogen) atoms. The van der Waals surface area contributed by atoms with Crippen LogP contribution in [0, 0.1) is 0 Å². The lowest BCUT2D eigenvalue weighted by Crippen LogP contribution is -2.30. The number of esters is 1. The number of rotatable bonds is 7. The van der Waals surface area contributed by atoms with Crippen LogP contribution < -0.4 is 0 Å². The minimum Gasteiger partial charge on any atom is -0.497 e. The van der Waals surface area contributed by atoms with Crippen molar-refractivity contribution in [3.05, 3.63) is 60.0 Å². The van der Waals surface area contributed by atoms with Crippen LogP contribution in [0.15, 0.2) is 54.4 Å². The predicted molar refractivity (Wildman–Crippen MR) is 98.3 cm³/mol. The standard InChI is InChI=1S/C20H24N2O3/c1-16(23)25-12-11-24-15-17-5-4-9-22(14-17)10-8-18-13-21-20-7-3-2-6-19(18)20/h2-7,13,15,21H,8-12,14H2,1H3/b17-15+. The second kappa shape index (κ2) is 8.53. The summed E-state index contributed by atoms with van der Waals surface area (Å²) in [7, 11) is 0. The van der Waals surface area contributed by atoms with E-state index < -0.39 is 0 Å². The van der Waals surface area contributed by atoms with Gasteiger partial charge in [0.1, 0.15) is 13.2 Å². The van der Waals surface area contributed by atoms with Crippen LogP contribution in [0.5, 0.6) is 0 Å². The summed E-state index contributed by atoms with van der Waals surface area (Å²) in [6.07, 6.45) is 9.13. The van der Waals surface area contributed by atoms with Gasteiger partial charge in [0.15, 0.2) is 0 Å². The van der Waals surface area contributed by atoms with Crippen LogP contribution in [0.25, 0.3) is 10.9 Å². The summed E-state index contributed by atoms with van der Waals surface area (Å²) in [5.74, 6) is -0.280. The Labute approximate surface area is 147 Å². The maximum atomic E-state index is 10.7. The van der Waals surface area contributed by atoms with E-state index in [-0.39, 0.29) is 12.6 Å². The summed E-state index contributed by atoms with van der Waals surface area (Å²) in [6.45, 7) is 4.88. The monoisotopic (exact) mass is 340 g/mol. The van der Waals surface area contributed by atoms with Crippen LogP contribution >= 0.6 is 0 Å². The third kappa shape index (κ3) is 4.97. The number of aromatic nitrogens is 1. The van der Waals surface area contributed by atoms with Crippen LogP contribution in [-0.4, -0.2) is 48.7 Å². The molecule has 3 rings (SSSR count). The molecule has 0 bridgehead atoms. The van der Waals surface area contributed by atoms with Gasteiger partial charge in [0.2, 0.25) is 0 Å². The Kier molecular flexibility index (Phi) is 5.90. The predicted octanol–water partition coefficient (Wildman–Crippen LogP) is 3.05. The van der Waals surface area contributed by atoms with Crippen molar-refractivity contribution in [2.45, 2.75) is 13.3 Å². The number of hydrogen-bond donors (Lipinski definition) is 1. The largest absolute Gasteiger partial charge is 0.497 e. The first kappa shape index (κ1) is 17.3. The normalized spacial score (nSPS) is 16.4. The SMILES string of the molecule is CC(=O)OCCO/C=C1\C=CCN(CCc2c[nH]c3ccccc23)C1. The molecule has 0 unspecified atom stereocenters. The van der Waals surface area contributed by atoms with Crippen molar-refractivity contribution in [1.29, 1.82) is 0 Å².